The second-order valence-corrected chi connectivity index (χ2v) is 5.42. The van der Waals surface area contributed by atoms with Crippen molar-refractivity contribution in [2.75, 3.05) is 11.4 Å². The minimum Gasteiger partial charge on any atom is -0.368 e. The van der Waals surface area contributed by atoms with Crippen LogP contribution in [0.3, 0.4) is 0 Å². The summed E-state index contributed by atoms with van der Waals surface area (Å²) in [5.74, 6) is 0.220. The molecular weight excluding hydrogens is 252 g/mol. The van der Waals surface area contributed by atoms with Gasteiger partial charge in [-0.3, -0.25) is 4.79 Å². The van der Waals surface area contributed by atoms with Crippen LogP contribution >= 0.6 is 0 Å². The Morgan fingerprint density at radius 2 is 2.15 bits per heavy atom. The molecule has 2 rings (SSSR count). The summed E-state index contributed by atoms with van der Waals surface area (Å²) in [4.78, 5) is 17.8. The van der Waals surface area contributed by atoms with Crippen molar-refractivity contribution in [1.29, 1.82) is 5.26 Å². The first-order valence-corrected chi connectivity index (χ1v) is 6.96. The lowest BCUT2D eigenvalue weighted by Crippen LogP contribution is -2.41. The highest BCUT2D eigenvalue weighted by Gasteiger charge is 2.27. The van der Waals surface area contributed by atoms with Crippen LogP contribution < -0.4 is 10.6 Å². The average Bonchev–Trinajstić information content (AvgIpc) is 2.88. The summed E-state index contributed by atoms with van der Waals surface area (Å²) < 4.78 is 0. The van der Waals surface area contributed by atoms with Gasteiger partial charge in [0.1, 0.15) is 11.9 Å². The normalized spacial score (nSPS) is 15.1. The van der Waals surface area contributed by atoms with Crippen molar-refractivity contribution < 1.29 is 4.79 Å². The van der Waals surface area contributed by atoms with Gasteiger partial charge in [0.25, 0.3) is 0 Å². The van der Waals surface area contributed by atoms with Crippen molar-refractivity contribution in [1.82, 2.24) is 4.98 Å². The van der Waals surface area contributed by atoms with E-state index in [0.717, 1.165) is 36.9 Å². The number of nitrogens with zero attached hydrogens (tertiary/aromatic N) is 3. The Balaban J connectivity index is 2.47. The Kier molecular flexibility index (Phi) is 4.23. The molecule has 0 aromatic carbocycles. The van der Waals surface area contributed by atoms with Crippen LogP contribution in [0, 0.1) is 25.2 Å². The van der Waals surface area contributed by atoms with Gasteiger partial charge < -0.3 is 10.6 Å². The summed E-state index contributed by atoms with van der Waals surface area (Å²) in [5.41, 5.74) is 7.66. The number of carbonyl (C=O) groups excluding carboxylic acids is 1. The number of aromatic nitrogens is 1. The van der Waals surface area contributed by atoms with Crippen molar-refractivity contribution in [2.24, 2.45) is 5.73 Å². The lowest BCUT2D eigenvalue weighted by molar-refractivity contribution is -0.116. The molecule has 0 unspecified atom stereocenters. The Labute approximate surface area is 119 Å². The molecule has 1 aliphatic carbocycles. The maximum atomic E-state index is 11.4. The number of nitrogens with two attached hydrogens (primary N) is 1. The molecule has 0 radical (unpaired) electrons. The molecule has 5 heteroatoms. The highest BCUT2D eigenvalue weighted by atomic mass is 16.1. The van der Waals surface area contributed by atoms with Crippen LogP contribution in [0.2, 0.25) is 0 Å². The SMILES string of the molecule is Cc1cc(C)c(C#N)c(N(CC(N)=O)C2CCCC2)n1. The molecular formula is C15H20N4O. The number of carbonyl (C=O) groups is 1. The van der Waals surface area contributed by atoms with E-state index in [2.05, 4.69) is 11.1 Å². The number of amides is 1. The first-order valence-electron chi connectivity index (χ1n) is 6.96. The number of hydrogen-bond acceptors (Lipinski definition) is 4. The molecule has 0 aliphatic heterocycles. The van der Waals surface area contributed by atoms with Crippen LogP contribution in [0.25, 0.3) is 0 Å². The fourth-order valence-corrected chi connectivity index (χ4v) is 2.92. The van der Waals surface area contributed by atoms with Crippen LogP contribution in [-0.2, 0) is 4.79 Å². The highest BCUT2D eigenvalue weighted by molar-refractivity contribution is 5.80. The lowest BCUT2D eigenvalue weighted by Gasteiger charge is -2.30. The first-order chi connectivity index (χ1) is 9.52. The molecule has 0 atom stereocenters. The van der Waals surface area contributed by atoms with Crippen molar-refractivity contribution in [3.63, 3.8) is 0 Å². The van der Waals surface area contributed by atoms with Crippen molar-refractivity contribution in [2.45, 2.75) is 45.6 Å². The topological polar surface area (TPSA) is 83.0 Å². The van der Waals surface area contributed by atoms with Gasteiger partial charge in [-0.05, 0) is 38.3 Å². The number of anilines is 1. The first kappa shape index (κ1) is 14.3. The highest BCUT2D eigenvalue weighted by Crippen LogP contribution is 2.30. The molecule has 1 aromatic rings. The van der Waals surface area contributed by atoms with Gasteiger partial charge in [0.05, 0.1) is 12.1 Å². The van der Waals surface area contributed by atoms with Gasteiger partial charge >= 0.3 is 0 Å². The maximum absolute atomic E-state index is 11.4. The molecule has 1 saturated carbocycles. The third-order valence-corrected chi connectivity index (χ3v) is 3.80. The summed E-state index contributed by atoms with van der Waals surface area (Å²) in [6.45, 7) is 3.91. The number of pyridine rings is 1. The molecule has 1 heterocycles. The van der Waals surface area contributed by atoms with Crippen molar-refractivity contribution in [3.05, 3.63) is 22.9 Å². The third-order valence-electron chi connectivity index (χ3n) is 3.80. The Bertz CT molecular complexity index is 556. The van der Waals surface area contributed by atoms with Gasteiger partial charge in [0.15, 0.2) is 0 Å². The van der Waals surface area contributed by atoms with E-state index in [1.807, 2.05) is 24.8 Å². The molecule has 5 nitrogen and oxygen atoms in total. The quantitative estimate of drug-likeness (QED) is 0.906. The molecule has 1 aliphatic rings. The number of nitriles is 1. The fraction of sp³-hybridized carbons (Fsp3) is 0.533. The summed E-state index contributed by atoms with van der Waals surface area (Å²) in [6.07, 6.45) is 4.33. The molecule has 1 aromatic heterocycles. The minimum atomic E-state index is -0.387. The smallest absolute Gasteiger partial charge is 0.237 e. The van der Waals surface area contributed by atoms with Gasteiger partial charge in [-0.15, -0.1) is 0 Å². The van der Waals surface area contributed by atoms with E-state index < -0.39 is 0 Å². The van der Waals surface area contributed by atoms with E-state index in [1.54, 1.807) is 0 Å². The summed E-state index contributed by atoms with van der Waals surface area (Å²) >= 11 is 0. The number of aryl methyl sites for hydroxylation is 2. The molecule has 0 spiro atoms. The third kappa shape index (κ3) is 2.90. The van der Waals surface area contributed by atoms with Crippen LogP contribution in [-0.4, -0.2) is 23.5 Å². The Morgan fingerprint density at radius 1 is 1.50 bits per heavy atom. The predicted molar refractivity (Wildman–Crippen MR) is 77.2 cm³/mol. The number of rotatable bonds is 4. The van der Waals surface area contributed by atoms with Gasteiger partial charge in [0.2, 0.25) is 5.91 Å². The van der Waals surface area contributed by atoms with Gasteiger partial charge in [-0.1, -0.05) is 12.8 Å². The van der Waals surface area contributed by atoms with E-state index in [-0.39, 0.29) is 18.5 Å². The minimum absolute atomic E-state index is 0.120. The molecule has 1 fully saturated rings. The molecule has 1 amide bonds. The Hall–Kier alpha value is -2.09. The van der Waals surface area contributed by atoms with Crippen molar-refractivity contribution in [3.8, 4) is 6.07 Å². The molecule has 0 bridgehead atoms. The van der Waals surface area contributed by atoms with Gasteiger partial charge in [-0.25, -0.2) is 4.98 Å². The zero-order valence-corrected chi connectivity index (χ0v) is 12.0. The van der Waals surface area contributed by atoms with Crippen LogP contribution in [0.5, 0.6) is 0 Å². The van der Waals surface area contributed by atoms with Crippen LogP contribution in [0.15, 0.2) is 6.07 Å². The second-order valence-electron chi connectivity index (χ2n) is 5.42. The van der Waals surface area contributed by atoms with E-state index in [0.29, 0.717) is 11.4 Å². The molecule has 106 valence electrons. The van der Waals surface area contributed by atoms with Crippen LogP contribution in [0.1, 0.15) is 42.5 Å². The van der Waals surface area contributed by atoms with Crippen molar-refractivity contribution >= 4 is 11.7 Å². The monoisotopic (exact) mass is 272 g/mol. The van der Waals surface area contributed by atoms with E-state index in [9.17, 15) is 10.1 Å². The lowest BCUT2D eigenvalue weighted by atomic mass is 10.1. The zero-order chi connectivity index (χ0) is 14.7. The zero-order valence-electron chi connectivity index (χ0n) is 12.0. The fourth-order valence-electron chi connectivity index (χ4n) is 2.92. The summed E-state index contributed by atoms with van der Waals surface area (Å²) in [5, 5.41) is 9.38. The summed E-state index contributed by atoms with van der Waals surface area (Å²) in [7, 11) is 0. The summed E-state index contributed by atoms with van der Waals surface area (Å²) in [6, 6.07) is 4.35. The predicted octanol–water partition coefficient (Wildman–Crippen LogP) is 1.80. The maximum Gasteiger partial charge on any atom is 0.237 e. The standard InChI is InChI=1S/C15H20N4O/c1-10-7-11(2)18-15(13(10)8-16)19(9-14(17)20)12-5-3-4-6-12/h7,12H,3-6,9H2,1-2H3,(H2,17,20). The second kappa shape index (κ2) is 5.91. The average molecular weight is 272 g/mol. The molecule has 20 heavy (non-hydrogen) atoms. The number of hydrogen-bond donors (Lipinski definition) is 1. The van der Waals surface area contributed by atoms with Gasteiger partial charge in [-0.2, -0.15) is 5.26 Å². The molecule has 0 saturated heterocycles. The van der Waals surface area contributed by atoms with Crippen LogP contribution in [0.4, 0.5) is 5.82 Å². The van der Waals surface area contributed by atoms with E-state index >= 15 is 0 Å². The number of primary amides is 1. The van der Waals surface area contributed by atoms with E-state index in [4.69, 9.17) is 5.73 Å². The van der Waals surface area contributed by atoms with Gasteiger partial charge in [0, 0.05) is 11.7 Å². The Morgan fingerprint density at radius 3 is 2.70 bits per heavy atom. The van der Waals surface area contributed by atoms with E-state index in [1.165, 1.54) is 0 Å². The molecule has 2 N–H and O–H groups in total. The largest absolute Gasteiger partial charge is 0.368 e.